The van der Waals surface area contributed by atoms with Gasteiger partial charge in [0.1, 0.15) is 18.3 Å². The molecule has 0 saturated heterocycles. The number of hydrogen-bond donors (Lipinski definition) is 1. The Kier molecular flexibility index (Phi) is 12.5. The number of nitrogens with one attached hydrogen (secondary N) is 1. The van der Waals surface area contributed by atoms with Crippen LogP contribution in [0, 0.1) is 0 Å². The third kappa shape index (κ3) is 8.60. The van der Waals surface area contributed by atoms with Gasteiger partial charge in [0.15, 0.2) is 0 Å². The third-order valence-corrected chi connectivity index (χ3v) is 9.74. The van der Waals surface area contributed by atoms with Gasteiger partial charge in [-0.25, -0.2) is 8.42 Å². The Balaban J connectivity index is 1.86. The first kappa shape index (κ1) is 34.8. The van der Waals surface area contributed by atoms with E-state index in [1.807, 2.05) is 37.3 Å². The van der Waals surface area contributed by atoms with E-state index >= 15 is 0 Å². The number of carbonyl (C=O) groups excluding carboxylic acids is 2. The Morgan fingerprint density at radius 1 is 0.826 bits per heavy atom. The molecule has 0 unspecified atom stereocenters. The molecule has 0 spiro atoms. The second-order valence-corrected chi connectivity index (χ2v) is 13.1. The molecular weight excluding hydrogens is 645 g/mol. The van der Waals surface area contributed by atoms with Gasteiger partial charge in [0.05, 0.1) is 17.2 Å². The summed E-state index contributed by atoms with van der Waals surface area (Å²) >= 11 is 13.1. The zero-order valence-electron chi connectivity index (χ0n) is 25.7. The van der Waals surface area contributed by atoms with Crippen molar-refractivity contribution in [1.29, 1.82) is 0 Å². The lowest BCUT2D eigenvalue weighted by molar-refractivity contribution is -0.140. The summed E-state index contributed by atoms with van der Waals surface area (Å²) in [5.74, 6) is -0.719. The highest BCUT2D eigenvalue weighted by Crippen LogP contribution is 2.33. The highest BCUT2D eigenvalue weighted by atomic mass is 35.5. The van der Waals surface area contributed by atoms with Crippen LogP contribution in [-0.2, 0) is 32.6 Å². The maximum atomic E-state index is 14.6. The Bertz CT molecular complexity index is 1700. The van der Waals surface area contributed by atoms with Crippen LogP contribution in [0.5, 0.6) is 5.75 Å². The van der Waals surface area contributed by atoms with Gasteiger partial charge in [0, 0.05) is 35.1 Å². The molecule has 0 aliphatic carbocycles. The Hall–Kier alpha value is -4.05. The van der Waals surface area contributed by atoms with E-state index in [0.717, 1.165) is 9.87 Å². The van der Waals surface area contributed by atoms with Crippen LogP contribution in [0.3, 0.4) is 0 Å². The van der Waals surface area contributed by atoms with Crippen molar-refractivity contribution in [2.45, 2.75) is 44.2 Å². The zero-order chi connectivity index (χ0) is 33.1. The molecule has 0 radical (unpaired) electrons. The van der Waals surface area contributed by atoms with E-state index in [-0.39, 0.29) is 36.1 Å². The van der Waals surface area contributed by atoms with Crippen LogP contribution in [0.4, 0.5) is 5.69 Å². The smallest absolute Gasteiger partial charge is 0.264 e. The second kappa shape index (κ2) is 16.5. The fourth-order valence-electron chi connectivity index (χ4n) is 4.95. The number of para-hydroxylation sites is 2. The molecule has 0 aromatic heterocycles. The monoisotopic (exact) mass is 681 g/mol. The van der Waals surface area contributed by atoms with Gasteiger partial charge in [-0.1, -0.05) is 96.9 Å². The van der Waals surface area contributed by atoms with Crippen molar-refractivity contribution in [2.75, 3.05) is 24.0 Å². The summed E-state index contributed by atoms with van der Waals surface area (Å²) in [6.45, 7) is 3.63. The fourth-order valence-corrected chi connectivity index (χ4v) is 6.91. The molecule has 46 heavy (non-hydrogen) atoms. The van der Waals surface area contributed by atoms with Gasteiger partial charge in [0.2, 0.25) is 11.8 Å². The first-order valence-electron chi connectivity index (χ1n) is 15.0. The molecule has 0 aliphatic rings. The van der Waals surface area contributed by atoms with Crippen molar-refractivity contribution in [1.82, 2.24) is 10.2 Å². The number of anilines is 1. The van der Waals surface area contributed by atoms with Gasteiger partial charge in [-0.3, -0.25) is 13.9 Å². The third-order valence-electron chi connectivity index (χ3n) is 7.25. The molecule has 242 valence electrons. The molecule has 1 atom stereocenters. The number of amides is 2. The average molecular weight is 683 g/mol. The topological polar surface area (TPSA) is 96.0 Å². The quantitative estimate of drug-likeness (QED) is 0.150. The molecule has 0 fully saturated rings. The molecule has 0 heterocycles. The van der Waals surface area contributed by atoms with Crippen LogP contribution < -0.4 is 14.4 Å². The van der Waals surface area contributed by atoms with Crippen LogP contribution in [0.1, 0.15) is 31.4 Å². The van der Waals surface area contributed by atoms with E-state index < -0.39 is 28.5 Å². The first-order valence-corrected chi connectivity index (χ1v) is 17.2. The van der Waals surface area contributed by atoms with E-state index in [1.54, 1.807) is 67.6 Å². The molecule has 4 aromatic rings. The van der Waals surface area contributed by atoms with Crippen LogP contribution in [0.15, 0.2) is 108 Å². The van der Waals surface area contributed by atoms with E-state index in [2.05, 4.69) is 5.32 Å². The number of hydrogen-bond acceptors (Lipinski definition) is 5. The van der Waals surface area contributed by atoms with E-state index in [4.69, 9.17) is 27.9 Å². The molecule has 0 saturated carbocycles. The maximum absolute atomic E-state index is 14.6. The number of halogens is 2. The normalized spacial score (nSPS) is 11.8. The first-order chi connectivity index (χ1) is 22.2. The van der Waals surface area contributed by atoms with Crippen molar-refractivity contribution in [3.8, 4) is 5.75 Å². The summed E-state index contributed by atoms with van der Waals surface area (Å²) in [5, 5.41) is 3.55. The maximum Gasteiger partial charge on any atom is 0.264 e. The molecule has 0 aliphatic heterocycles. The average Bonchev–Trinajstić information content (AvgIpc) is 3.06. The van der Waals surface area contributed by atoms with Crippen molar-refractivity contribution in [3.63, 3.8) is 0 Å². The number of sulfonamides is 1. The lowest BCUT2D eigenvalue weighted by atomic mass is 10.0. The lowest BCUT2D eigenvalue weighted by Crippen LogP contribution is -2.53. The number of carbonyl (C=O) groups is 2. The van der Waals surface area contributed by atoms with E-state index in [1.165, 1.54) is 17.0 Å². The predicted molar refractivity (Wildman–Crippen MR) is 183 cm³/mol. The summed E-state index contributed by atoms with van der Waals surface area (Å²) in [6, 6.07) is 27.8. The van der Waals surface area contributed by atoms with E-state index in [9.17, 15) is 18.0 Å². The number of rotatable bonds is 15. The summed E-state index contributed by atoms with van der Waals surface area (Å²) in [5.41, 5.74) is 1.44. The minimum atomic E-state index is -4.28. The molecule has 8 nitrogen and oxygen atoms in total. The Morgan fingerprint density at radius 3 is 2.07 bits per heavy atom. The van der Waals surface area contributed by atoms with Gasteiger partial charge in [-0.05, 0) is 55.3 Å². The van der Waals surface area contributed by atoms with Crippen molar-refractivity contribution in [2.24, 2.45) is 0 Å². The molecule has 4 rings (SSSR count). The summed E-state index contributed by atoms with van der Waals surface area (Å²) in [4.78, 5) is 29.8. The Labute approximate surface area is 280 Å². The fraction of sp³-hybridized carbons (Fsp3) is 0.257. The number of ether oxygens (including phenoxy) is 1. The van der Waals surface area contributed by atoms with Crippen molar-refractivity contribution < 1.29 is 22.7 Å². The molecule has 11 heteroatoms. The van der Waals surface area contributed by atoms with Crippen LogP contribution in [0.2, 0.25) is 10.0 Å². The van der Waals surface area contributed by atoms with Gasteiger partial charge in [-0.15, -0.1) is 0 Å². The highest BCUT2D eigenvalue weighted by molar-refractivity contribution is 7.92. The number of benzene rings is 4. The summed E-state index contributed by atoms with van der Waals surface area (Å²) in [6.07, 6.45) is 0.858. The lowest BCUT2D eigenvalue weighted by Gasteiger charge is -2.34. The van der Waals surface area contributed by atoms with Gasteiger partial charge >= 0.3 is 0 Å². The molecule has 0 bridgehead atoms. The predicted octanol–water partition coefficient (Wildman–Crippen LogP) is 6.75. The molecule has 1 N–H and O–H groups in total. The van der Waals surface area contributed by atoms with Gasteiger partial charge < -0.3 is 15.0 Å². The minimum Gasteiger partial charge on any atom is -0.492 e. The van der Waals surface area contributed by atoms with Gasteiger partial charge in [0.25, 0.3) is 10.0 Å². The standard InChI is InChI=1S/C35H37Cl2N3O5S/c1-3-22-38-35(42)32(23-26-14-7-5-8-15-26)39(24-28-29(36)18-13-19-30(28)37)34(41)25-40(31-20-11-12-21-33(31)45-4-2)46(43,44)27-16-9-6-10-17-27/h5-21,32H,3-4,22-25H2,1-2H3,(H,38,42)/t32-/m1/s1. The minimum absolute atomic E-state index is 0.00340. The molecular formula is C35H37Cl2N3O5S. The van der Waals surface area contributed by atoms with Crippen LogP contribution in [-0.4, -0.2) is 50.9 Å². The second-order valence-electron chi connectivity index (χ2n) is 10.4. The van der Waals surface area contributed by atoms with E-state index in [0.29, 0.717) is 34.3 Å². The summed E-state index contributed by atoms with van der Waals surface area (Å²) in [7, 11) is -4.28. The van der Waals surface area contributed by atoms with Gasteiger partial charge in [-0.2, -0.15) is 0 Å². The van der Waals surface area contributed by atoms with Crippen molar-refractivity contribution >= 4 is 50.7 Å². The Morgan fingerprint density at radius 2 is 1.43 bits per heavy atom. The highest BCUT2D eigenvalue weighted by Gasteiger charge is 2.36. The SMILES string of the molecule is CCCNC(=O)[C@@H](Cc1ccccc1)N(Cc1c(Cl)cccc1Cl)C(=O)CN(c1ccccc1OCC)S(=O)(=O)c1ccccc1. The van der Waals surface area contributed by atoms with Crippen molar-refractivity contribution in [3.05, 3.63) is 124 Å². The van der Waals surface area contributed by atoms with Crippen LogP contribution >= 0.6 is 23.2 Å². The molecule has 2 amide bonds. The largest absolute Gasteiger partial charge is 0.492 e. The molecule has 4 aromatic carbocycles. The number of nitrogens with zero attached hydrogens (tertiary/aromatic N) is 2. The zero-order valence-corrected chi connectivity index (χ0v) is 28.1. The van der Waals surface area contributed by atoms with Crippen LogP contribution in [0.25, 0.3) is 0 Å². The summed E-state index contributed by atoms with van der Waals surface area (Å²) < 4.78 is 35.3.